The summed E-state index contributed by atoms with van der Waals surface area (Å²) in [6.45, 7) is 3.61. The maximum atomic E-state index is 10.2. The van der Waals surface area contributed by atoms with Crippen LogP contribution in [0.25, 0.3) is 0 Å². The van der Waals surface area contributed by atoms with Gasteiger partial charge in [0.25, 0.3) is 0 Å². The number of allylic oxidation sites excluding steroid dienone is 1. The zero-order valence-electron chi connectivity index (χ0n) is 6.20. The highest BCUT2D eigenvalue weighted by Crippen LogP contribution is 2.09. The van der Waals surface area contributed by atoms with Crippen LogP contribution in [0.3, 0.4) is 0 Å². The summed E-state index contributed by atoms with van der Waals surface area (Å²) in [6.07, 6.45) is 3.87. The Hall–Kier alpha value is -0.440. The molecule has 0 aliphatic heterocycles. The largest absolute Gasteiger partial charge is 0.480 e. The SMILES string of the molecule is CC=CCSC(C)C(=O)O. The molecule has 1 N–H and O–H groups in total. The van der Waals surface area contributed by atoms with E-state index in [1.807, 2.05) is 19.1 Å². The first-order valence-corrected chi connectivity index (χ1v) is 4.19. The molecule has 0 spiro atoms. The van der Waals surface area contributed by atoms with E-state index in [0.29, 0.717) is 0 Å². The van der Waals surface area contributed by atoms with E-state index < -0.39 is 5.97 Å². The second-order valence-corrected chi connectivity index (χ2v) is 3.26. The zero-order chi connectivity index (χ0) is 7.98. The first-order valence-electron chi connectivity index (χ1n) is 3.14. The molecule has 58 valence electrons. The first-order chi connectivity index (χ1) is 4.68. The van der Waals surface area contributed by atoms with Crippen molar-refractivity contribution < 1.29 is 9.90 Å². The van der Waals surface area contributed by atoms with Crippen LogP contribution >= 0.6 is 11.8 Å². The lowest BCUT2D eigenvalue weighted by Gasteiger charge is -2.01. The van der Waals surface area contributed by atoms with Crippen LogP contribution in [0, 0.1) is 0 Å². The zero-order valence-corrected chi connectivity index (χ0v) is 7.02. The molecule has 10 heavy (non-hydrogen) atoms. The Bertz CT molecular complexity index is 132. The van der Waals surface area contributed by atoms with Gasteiger partial charge in [-0.05, 0) is 13.8 Å². The Balaban J connectivity index is 3.39. The van der Waals surface area contributed by atoms with Gasteiger partial charge in [0, 0.05) is 5.75 Å². The maximum absolute atomic E-state index is 10.2. The predicted molar refractivity (Wildman–Crippen MR) is 44.4 cm³/mol. The van der Waals surface area contributed by atoms with E-state index >= 15 is 0 Å². The number of thioether (sulfide) groups is 1. The molecule has 0 radical (unpaired) electrons. The predicted octanol–water partition coefficient (Wildman–Crippen LogP) is 1.77. The van der Waals surface area contributed by atoms with Gasteiger partial charge in [0.1, 0.15) is 0 Å². The minimum Gasteiger partial charge on any atom is -0.480 e. The van der Waals surface area contributed by atoms with Gasteiger partial charge in [-0.15, -0.1) is 11.8 Å². The maximum Gasteiger partial charge on any atom is 0.316 e. The van der Waals surface area contributed by atoms with Crippen LogP contribution < -0.4 is 0 Å². The van der Waals surface area contributed by atoms with E-state index in [9.17, 15) is 4.79 Å². The molecule has 0 rings (SSSR count). The third-order valence-corrected chi connectivity index (χ3v) is 2.11. The van der Waals surface area contributed by atoms with Gasteiger partial charge < -0.3 is 5.11 Å². The quantitative estimate of drug-likeness (QED) is 0.637. The molecule has 0 aromatic heterocycles. The van der Waals surface area contributed by atoms with Gasteiger partial charge in [-0.3, -0.25) is 4.79 Å². The minimum atomic E-state index is -0.741. The normalized spacial score (nSPS) is 13.8. The molecule has 3 heteroatoms. The summed E-state index contributed by atoms with van der Waals surface area (Å²) in [5.41, 5.74) is 0. The fraction of sp³-hybridized carbons (Fsp3) is 0.571. The monoisotopic (exact) mass is 160 g/mol. The third kappa shape index (κ3) is 4.44. The molecule has 0 aliphatic carbocycles. The van der Waals surface area contributed by atoms with Crippen LogP contribution in [0.4, 0.5) is 0 Å². The van der Waals surface area contributed by atoms with Crippen LogP contribution in [-0.2, 0) is 4.79 Å². The lowest BCUT2D eigenvalue weighted by atomic mass is 10.5. The fourth-order valence-electron chi connectivity index (χ4n) is 0.367. The molecule has 0 aromatic carbocycles. The van der Waals surface area contributed by atoms with Gasteiger partial charge in [0.2, 0.25) is 0 Å². The van der Waals surface area contributed by atoms with E-state index in [0.717, 1.165) is 5.75 Å². The number of rotatable bonds is 4. The average Bonchev–Trinajstić information content (AvgIpc) is 1.88. The first kappa shape index (κ1) is 9.56. The van der Waals surface area contributed by atoms with E-state index in [-0.39, 0.29) is 5.25 Å². The molecule has 1 unspecified atom stereocenters. The molecular weight excluding hydrogens is 148 g/mol. The van der Waals surface area contributed by atoms with Gasteiger partial charge >= 0.3 is 5.97 Å². The Morgan fingerprint density at radius 1 is 1.80 bits per heavy atom. The summed E-state index contributed by atoms with van der Waals surface area (Å²) >= 11 is 1.42. The molecule has 0 saturated carbocycles. The Morgan fingerprint density at radius 2 is 2.40 bits per heavy atom. The summed E-state index contributed by atoms with van der Waals surface area (Å²) in [5, 5.41) is 8.14. The van der Waals surface area contributed by atoms with Crippen molar-refractivity contribution in [2.75, 3.05) is 5.75 Å². The Kier molecular flexibility index (Phi) is 5.12. The highest BCUT2D eigenvalue weighted by atomic mass is 32.2. The summed E-state index contributed by atoms with van der Waals surface area (Å²) in [4.78, 5) is 10.2. The summed E-state index contributed by atoms with van der Waals surface area (Å²) in [6, 6.07) is 0. The van der Waals surface area contributed by atoms with Crippen molar-refractivity contribution in [2.24, 2.45) is 0 Å². The molecule has 0 saturated heterocycles. The smallest absolute Gasteiger partial charge is 0.316 e. The lowest BCUT2D eigenvalue weighted by Crippen LogP contribution is -2.11. The van der Waals surface area contributed by atoms with E-state index in [1.54, 1.807) is 6.92 Å². The van der Waals surface area contributed by atoms with Crippen LogP contribution in [0.2, 0.25) is 0 Å². The number of aliphatic carboxylic acids is 1. The van der Waals surface area contributed by atoms with E-state index in [2.05, 4.69) is 0 Å². The van der Waals surface area contributed by atoms with E-state index in [4.69, 9.17) is 5.11 Å². The summed E-state index contributed by atoms with van der Waals surface area (Å²) in [5.74, 6) is 0.0405. The van der Waals surface area contributed by atoms with Gasteiger partial charge in [0.15, 0.2) is 0 Å². The average molecular weight is 160 g/mol. The molecule has 0 fully saturated rings. The van der Waals surface area contributed by atoms with Crippen molar-refractivity contribution in [1.82, 2.24) is 0 Å². The van der Waals surface area contributed by atoms with Crippen molar-refractivity contribution >= 4 is 17.7 Å². The van der Waals surface area contributed by atoms with Crippen LogP contribution in [-0.4, -0.2) is 22.1 Å². The van der Waals surface area contributed by atoms with Crippen molar-refractivity contribution in [3.05, 3.63) is 12.2 Å². The summed E-state index contributed by atoms with van der Waals surface area (Å²) in [7, 11) is 0. The van der Waals surface area contributed by atoms with Gasteiger partial charge in [-0.2, -0.15) is 0 Å². The van der Waals surface area contributed by atoms with Crippen LogP contribution in [0.15, 0.2) is 12.2 Å². The lowest BCUT2D eigenvalue weighted by molar-refractivity contribution is -0.136. The topological polar surface area (TPSA) is 37.3 Å². The molecule has 0 aromatic rings. The fourth-order valence-corrected chi connectivity index (χ4v) is 1.10. The van der Waals surface area contributed by atoms with Crippen molar-refractivity contribution in [2.45, 2.75) is 19.1 Å². The van der Waals surface area contributed by atoms with E-state index in [1.165, 1.54) is 11.8 Å². The summed E-state index contributed by atoms with van der Waals surface area (Å²) < 4.78 is 0. The van der Waals surface area contributed by atoms with Gasteiger partial charge in [-0.25, -0.2) is 0 Å². The highest BCUT2D eigenvalue weighted by Gasteiger charge is 2.08. The third-order valence-electron chi connectivity index (χ3n) is 1.03. The molecule has 0 aliphatic rings. The van der Waals surface area contributed by atoms with Gasteiger partial charge in [-0.1, -0.05) is 12.2 Å². The standard InChI is InChI=1S/C7H12O2S/c1-3-4-5-10-6(2)7(8)9/h3-4,6H,5H2,1-2H3,(H,8,9). The van der Waals surface area contributed by atoms with Crippen molar-refractivity contribution in [1.29, 1.82) is 0 Å². The van der Waals surface area contributed by atoms with Crippen molar-refractivity contribution in [3.8, 4) is 0 Å². The second-order valence-electron chi connectivity index (χ2n) is 1.88. The second kappa shape index (κ2) is 5.35. The molecule has 1 atom stereocenters. The number of hydrogen-bond donors (Lipinski definition) is 1. The molecule has 2 nitrogen and oxygen atoms in total. The van der Waals surface area contributed by atoms with Crippen LogP contribution in [0.1, 0.15) is 13.8 Å². The molecular formula is C7H12O2S. The van der Waals surface area contributed by atoms with Gasteiger partial charge in [0.05, 0.1) is 5.25 Å². The molecule has 0 amide bonds. The Labute approximate surface area is 65.3 Å². The van der Waals surface area contributed by atoms with Crippen molar-refractivity contribution in [3.63, 3.8) is 0 Å². The Morgan fingerprint density at radius 3 is 2.80 bits per heavy atom. The minimum absolute atomic E-state index is 0.295. The highest BCUT2D eigenvalue weighted by molar-refractivity contribution is 8.00. The molecule has 0 heterocycles. The number of carbonyl (C=O) groups is 1. The molecule has 0 bridgehead atoms. The number of carboxylic acid groups (broad SMARTS) is 1. The van der Waals surface area contributed by atoms with Crippen LogP contribution in [0.5, 0.6) is 0 Å². The number of hydrogen-bond acceptors (Lipinski definition) is 2. The number of carboxylic acids is 1.